The Hall–Kier alpha value is -1.90. The van der Waals surface area contributed by atoms with E-state index in [1.54, 1.807) is 0 Å². The van der Waals surface area contributed by atoms with Crippen LogP contribution in [0.2, 0.25) is 10.0 Å². The van der Waals surface area contributed by atoms with Crippen LogP contribution < -0.4 is 0 Å². The van der Waals surface area contributed by atoms with Gasteiger partial charge in [-0.1, -0.05) is 42.3 Å². The highest BCUT2D eigenvalue weighted by molar-refractivity contribution is 6.30. The van der Waals surface area contributed by atoms with Gasteiger partial charge in [-0.25, -0.2) is 9.97 Å². The summed E-state index contributed by atoms with van der Waals surface area (Å²) in [6.45, 7) is 4.17. The van der Waals surface area contributed by atoms with E-state index in [0.29, 0.717) is 15.9 Å². The smallest absolute Gasteiger partial charge is 0.160 e. The van der Waals surface area contributed by atoms with E-state index >= 15 is 0 Å². The molecule has 3 rings (SSSR count). The van der Waals surface area contributed by atoms with Crippen molar-refractivity contribution in [3.05, 3.63) is 69.8 Å². The van der Waals surface area contributed by atoms with Gasteiger partial charge in [0.25, 0.3) is 0 Å². The van der Waals surface area contributed by atoms with Gasteiger partial charge in [0.1, 0.15) is 0 Å². The predicted octanol–water partition coefficient (Wildman–Crippen LogP) is 5.99. The van der Waals surface area contributed by atoms with Crippen LogP contribution in [0, 0.1) is 6.92 Å². The number of aromatic nitrogens is 2. The van der Waals surface area contributed by atoms with Crippen LogP contribution in [-0.4, -0.2) is 9.97 Å². The molecule has 116 valence electrons. The Morgan fingerprint density at radius 1 is 0.783 bits per heavy atom. The Bertz CT molecular complexity index is 825. The van der Waals surface area contributed by atoms with Crippen molar-refractivity contribution in [2.75, 3.05) is 0 Å². The highest BCUT2D eigenvalue weighted by atomic mass is 35.5. The van der Waals surface area contributed by atoms with Gasteiger partial charge in [-0.15, -0.1) is 0 Å². The molecule has 0 spiro atoms. The average molecular weight is 343 g/mol. The van der Waals surface area contributed by atoms with Crippen LogP contribution in [0.15, 0.2) is 48.5 Å². The second kappa shape index (κ2) is 6.69. The van der Waals surface area contributed by atoms with E-state index in [-0.39, 0.29) is 0 Å². The fourth-order valence-corrected chi connectivity index (χ4v) is 2.78. The molecule has 3 aromatic rings. The lowest BCUT2D eigenvalue weighted by molar-refractivity contribution is 0.980. The normalized spacial score (nSPS) is 10.8. The summed E-state index contributed by atoms with van der Waals surface area (Å²) in [5, 5.41) is 1.42. The summed E-state index contributed by atoms with van der Waals surface area (Å²) in [6.07, 6.45) is 0.857. The van der Waals surface area contributed by atoms with Gasteiger partial charge in [0, 0.05) is 26.9 Å². The van der Waals surface area contributed by atoms with Crippen LogP contribution in [0.4, 0.5) is 0 Å². The number of nitrogens with zero attached hydrogens (tertiary/aromatic N) is 2. The lowest BCUT2D eigenvalue weighted by Crippen LogP contribution is -2.02. The Labute approximate surface area is 146 Å². The molecule has 2 nitrogen and oxygen atoms in total. The van der Waals surface area contributed by atoms with Crippen LogP contribution in [0.25, 0.3) is 22.6 Å². The molecule has 0 bridgehead atoms. The number of hydrogen-bond donors (Lipinski definition) is 0. The number of hydrogen-bond acceptors (Lipinski definition) is 2. The second-order valence-corrected chi connectivity index (χ2v) is 6.21. The van der Waals surface area contributed by atoms with E-state index in [9.17, 15) is 0 Å². The fourth-order valence-electron chi connectivity index (χ4n) is 2.52. The SMILES string of the molecule is CCc1nc(-c2ccc(Cl)cc2)nc(-c2ccc(Cl)cc2)c1C. The van der Waals surface area contributed by atoms with E-state index in [1.165, 1.54) is 0 Å². The van der Waals surface area contributed by atoms with Gasteiger partial charge in [0.2, 0.25) is 0 Å². The molecule has 0 amide bonds. The first-order chi connectivity index (χ1) is 11.1. The highest BCUT2D eigenvalue weighted by Gasteiger charge is 2.13. The maximum Gasteiger partial charge on any atom is 0.160 e. The van der Waals surface area contributed by atoms with Crippen LogP contribution >= 0.6 is 23.2 Å². The van der Waals surface area contributed by atoms with Crippen molar-refractivity contribution in [3.63, 3.8) is 0 Å². The maximum atomic E-state index is 5.99. The van der Waals surface area contributed by atoms with Gasteiger partial charge >= 0.3 is 0 Å². The summed E-state index contributed by atoms with van der Waals surface area (Å²) in [7, 11) is 0. The number of rotatable bonds is 3. The molecule has 0 radical (unpaired) electrons. The summed E-state index contributed by atoms with van der Waals surface area (Å²) in [6, 6.07) is 15.3. The van der Waals surface area contributed by atoms with Gasteiger partial charge in [-0.2, -0.15) is 0 Å². The molecule has 0 saturated carbocycles. The largest absolute Gasteiger partial charge is 0.233 e. The third-order valence-corrected chi connectivity index (χ3v) is 4.31. The van der Waals surface area contributed by atoms with Crippen molar-refractivity contribution < 1.29 is 0 Å². The first kappa shape index (κ1) is 16.0. The first-order valence-corrected chi connectivity index (χ1v) is 8.23. The van der Waals surface area contributed by atoms with E-state index in [2.05, 4.69) is 13.8 Å². The molecule has 0 saturated heterocycles. The predicted molar refractivity (Wildman–Crippen MR) is 97.0 cm³/mol. The van der Waals surface area contributed by atoms with Gasteiger partial charge < -0.3 is 0 Å². The molecule has 0 aliphatic carbocycles. The van der Waals surface area contributed by atoms with Gasteiger partial charge in [-0.05, 0) is 55.3 Å². The molecule has 0 unspecified atom stereocenters. The summed E-state index contributed by atoms with van der Waals surface area (Å²) >= 11 is 12.0. The van der Waals surface area contributed by atoms with E-state index in [4.69, 9.17) is 33.2 Å². The number of aryl methyl sites for hydroxylation is 1. The van der Waals surface area contributed by atoms with Crippen molar-refractivity contribution in [2.24, 2.45) is 0 Å². The minimum atomic E-state index is 0.703. The lowest BCUT2D eigenvalue weighted by atomic mass is 10.0. The minimum Gasteiger partial charge on any atom is -0.233 e. The van der Waals surface area contributed by atoms with Crippen molar-refractivity contribution in [1.29, 1.82) is 0 Å². The molecule has 0 N–H and O–H groups in total. The zero-order valence-electron chi connectivity index (χ0n) is 13.0. The van der Waals surface area contributed by atoms with E-state index in [1.807, 2.05) is 48.5 Å². The number of benzene rings is 2. The van der Waals surface area contributed by atoms with Gasteiger partial charge in [0.15, 0.2) is 5.82 Å². The molecule has 1 heterocycles. The molecule has 2 aromatic carbocycles. The number of halogens is 2. The quantitative estimate of drug-likeness (QED) is 0.584. The second-order valence-electron chi connectivity index (χ2n) is 5.33. The topological polar surface area (TPSA) is 25.8 Å². The molecular weight excluding hydrogens is 327 g/mol. The van der Waals surface area contributed by atoms with Gasteiger partial charge in [-0.3, -0.25) is 0 Å². The zero-order valence-corrected chi connectivity index (χ0v) is 14.5. The molecular formula is C19H16Cl2N2. The monoisotopic (exact) mass is 342 g/mol. The Kier molecular flexibility index (Phi) is 4.65. The fraction of sp³-hybridized carbons (Fsp3) is 0.158. The van der Waals surface area contributed by atoms with Crippen LogP contribution in [-0.2, 0) is 6.42 Å². The maximum absolute atomic E-state index is 5.99. The zero-order chi connectivity index (χ0) is 16.4. The molecule has 4 heteroatoms. The van der Waals surface area contributed by atoms with E-state index in [0.717, 1.165) is 34.5 Å². The van der Waals surface area contributed by atoms with Crippen LogP contribution in [0.1, 0.15) is 18.2 Å². The highest BCUT2D eigenvalue weighted by Crippen LogP contribution is 2.28. The molecule has 23 heavy (non-hydrogen) atoms. The van der Waals surface area contributed by atoms with Crippen molar-refractivity contribution >= 4 is 23.2 Å². The average Bonchev–Trinajstić information content (AvgIpc) is 2.57. The first-order valence-electron chi connectivity index (χ1n) is 7.48. The summed E-state index contributed by atoms with van der Waals surface area (Å²) in [4.78, 5) is 9.50. The minimum absolute atomic E-state index is 0.703. The standard InChI is InChI=1S/C19H16Cl2N2/c1-3-17-12(2)18(13-4-8-15(20)9-5-13)23-19(22-17)14-6-10-16(21)11-7-14/h4-11H,3H2,1-2H3. The molecule has 0 aliphatic rings. The molecule has 0 aliphatic heterocycles. The van der Waals surface area contributed by atoms with Crippen LogP contribution in [0.5, 0.6) is 0 Å². The lowest BCUT2D eigenvalue weighted by Gasteiger charge is -2.12. The molecule has 1 aromatic heterocycles. The third-order valence-electron chi connectivity index (χ3n) is 3.80. The Morgan fingerprint density at radius 3 is 1.83 bits per heavy atom. The van der Waals surface area contributed by atoms with Crippen molar-refractivity contribution in [1.82, 2.24) is 9.97 Å². The van der Waals surface area contributed by atoms with Crippen molar-refractivity contribution in [3.8, 4) is 22.6 Å². The van der Waals surface area contributed by atoms with Gasteiger partial charge in [0.05, 0.1) is 5.69 Å². The van der Waals surface area contributed by atoms with Crippen molar-refractivity contribution in [2.45, 2.75) is 20.3 Å². The molecule has 0 fully saturated rings. The third kappa shape index (κ3) is 3.39. The van der Waals surface area contributed by atoms with E-state index < -0.39 is 0 Å². The molecule has 0 atom stereocenters. The summed E-state index contributed by atoms with van der Waals surface area (Å²) < 4.78 is 0. The summed E-state index contributed by atoms with van der Waals surface area (Å²) in [5.74, 6) is 0.717. The Balaban J connectivity index is 2.17. The summed E-state index contributed by atoms with van der Waals surface area (Å²) in [5.41, 5.74) is 5.10. The van der Waals surface area contributed by atoms with Crippen LogP contribution in [0.3, 0.4) is 0 Å². The Morgan fingerprint density at radius 2 is 1.30 bits per heavy atom.